The third-order valence-corrected chi connectivity index (χ3v) is 3.63. The second-order valence-electron chi connectivity index (χ2n) is 3.69. The zero-order chi connectivity index (χ0) is 13.8. The number of hydrogen-bond acceptors (Lipinski definition) is 5. The Bertz CT molecular complexity index is 524. The van der Waals surface area contributed by atoms with Crippen LogP contribution in [0.3, 0.4) is 0 Å². The SMILES string of the molecule is COC(=O)c1ccccc1S(=O)(=O)NC[C@H](C)O. The van der Waals surface area contributed by atoms with E-state index in [2.05, 4.69) is 9.46 Å². The Hall–Kier alpha value is -1.44. The van der Waals surface area contributed by atoms with Crippen LogP contribution in [0.2, 0.25) is 0 Å². The summed E-state index contributed by atoms with van der Waals surface area (Å²) in [4.78, 5) is 11.3. The lowest BCUT2D eigenvalue weighted by Gasteiger charge is -2.11. The molecule has 0 bridgehead atoms. The van der Waals surface area contributed by atoms with Crippen LogP contribution in [0.25, 0.3) is 0 Å². The molecule has 0 spiro atoms. The van der Waals surface area contributed by atoms with Crippen molar-refractivity contribution >= 4 is 16.0 Å². The number of aliphatic hydroxyl groups is 1. The lowest BCUT2D eigenvalue weighted by Crippen LogP contribution is -2.31. The fraction of sp³-hybridized carbons (Fsp3) is 0.364. The summed E-state index contributed by atoms with van der Waals surface area (Å²) in [6.07, 6.45) is -0.815. The van der Waals surface area contributed by atoms with E-state index >= 15 is 0 Å². The van der Waals surface area contributed by atoms with E-state index in [4.69, 9.17) is 5.11 Å². The fourth-order valence-electron chi connectivity index (χ4n) is 1.29. The molecule has 6 nitrogen and oxygen atoms in total. The van der Waals surface area contributed by atoms with Gasteiger partial charge in [0.1, 0.15) is 0 Å². The summed E-state index contributed by atoms with van der Waals surface area (Å²) in [6, 6.07) is 5.71. The molecule has 1 aromatic carbocycles. The third kappa shape index (κ3) is 3.52. The van der Waals surface area contributed by atoms with Gasteiger partial charge in [-0.3, -0.25) is 0 Å². The monoisotopic (exact) mass is 273 g/mol. The highest BCUT2D eigenvalue weighted by molar-refractivity contribution is 7.89. The number of sulfonamides is 1. The maximum Gasteiger partial charge on any atom is 0.339 e. The number of rotatable bonds is 5. The molecule has 0 unspecified atom stereocenters. The molecule has 0 aliphatic carbocycles. The Morgan fingerprint density at radius 2 is 2.06 bits per heavy atom. The van der Waals surface area contributed by atoms with Gasteiger partial charge in [-0.15, -0.1) is 0 Å². The summed E-state index contributed by atoms with van der Waals surface area (Å²) in [7, 11) is -2.68. The van der Waals surface area contributed by atoms with Crippen molar-refractivity contribution < 1.29 is 23.1 Å². The lowest BCUT2D eigenvalue weighted by atomic mass is 10.2. The van der Waals surface area contributed by atoms with Crippen LogP contribution in [0.15, 0.2) is 29.2 Å². The third-order valence-electron chi connectivity index (χ3n) is 2.15. The molecule has 0 amide bonds. The van der Waals surface area contributed by atoms with Crippen LogP contribution in [0.1, 0.15) is 17.3 Å². The van der Waals surface area contributed by atoms with Gasteiger partial charge in [-0.1, -0.05) is 12.1 Å². The van der Waals surface area contributed by atoms with Gasteiger partial charge in [0.15, 0.2) is 0 Å². The lowest BCUT2D eigenvalue weighted by molar-refractivity contribution is 0.0596. The van der Waals surface area contributed by atoms with Gasteiger partial charge < -0.3 is 9.84 Å². The molecular weight excluding hydrogens is 258 g/mol. The molecule has 0 aromatic heterocycles. The van der Waals surface area contributed by atoms with Gasteiger partial charge in [0.05, 0.1) is 23.7 Å². The quantitative estimate of drug-likeness (QED) is 0.744. The van der Waals surface area contributed by atoms with Gasteiger partial charge in [0.2, 0.25) is 10.0 Å². The minimum absolute atomic E-state index is 0.0434. The number of benzene rings is 1. The molecule has 1 rings (SSSR count). The number of carbonyl (C=O) groups excluding carboxylic acids is 1. The molecule has 1 atom stereocenters. The van der Waals surface area contributed by atoms with Crippen LogP contribution in [0, 0.1) is 0 Å². The molecule has 0 saturated carbocycles. The molecular formula is C11H15NO5S. The van der Waals surface area contributed by atoms with Crippen molar-refractivity contribution in [1.82, 2.24) is 4.72 Å². The average molecular weight is 273 g/mol. The van der Waals surface area contributed by atoms with Crippen molar-refractivity contribution in [3.05, 3.63) is 29.8 Å². The number of aliphatic hydroxyl groups excluding tert-OH is 1. The minimum Gasteiger partial charge on any atom is -0.465 e. The summed E-state index contributed by atoms with van der Waals surface area (Å²) >= 11 is 0. The molecule has 0 radical (unpaired) electrons. The fourth-order valence-corrected chi connectivity index (χ4v) is 2.60. The molecule has 100 valence electrons. The molecule has 0 saturated heterocycles. The predicted octanol–water partition coefficient (Wildman–Crippen LogP) is 0.132. The summed E-state index contributed by atoms with van der Waals surface area (Å²) in [5, 5.41) is 9.07. The maximum absolute atomic E-state index is 11.9. The van der Waals surface area contributed by atoms with Gasteiger partial charge >= 0.3 is 5.97 Å². The van der Waals surface area contributed by atoms with Gasteiger partial charge in [-0.2, -0.15) is 0 Å². The Balaban J connectivity index is 3.12. The Morgan fingerprint density at radius 1 is 1.44 bits per heavy atom. The van der Waals surface area contributed by atoms with Gasteiger partial charge in [0, 0.05) is 6.54 Å². The van der Waals surface area contributed by atoms with Crippen LogP contribution in [-0.4, -0.2) is 39.3 Å². The van der Waals surface area contributed by atoms with Crippen LogP contribution < -0.4 is 4.72 Å². The van der Waals surface area contributed by atoms with Gasteiger partial charge in [-0.25, -0.2) is 17.9 Å². The van der Waals surface area contributed by atoms with Crippen LogP contribution >= 0.6 is 0 Å². The van der Waals surface area contributed by atoms with Gasteiger partial charge in [-0.05, 0) is 19.1 Å². The van der Waals surface area contributed by atoms with E-state index in [-0.39, 0.29) is 17.0 Å². The number of ether oxygens (including phenoxy) is 1. The number of esters is 1. The Labute approximate surface area is 106 Å². The Morgan fingerprint density at radius 3 is 2.61 bits per heavy atom. The number of nitrogens with one attached hydrogen (secondary N) is 1. The molecule has 0 fully saturated rings. The first-order chi connectivity index (χ1) is 8.38. The van der Waals surface area contributed by atoms with E-state index in [9.17, 15) is 13.2 Å². The first kappa shape index (κ1) is 14.6. The Kier molecular flexibility index (Phi) is 4.83. The normalized spacial score (nSPS) is 13.1. The smallest absolute Gasteiger partial charge is 0.339 e. The number of hydrogen-bond donors (Lipinski definition) is 2. The molecule has 0 heterocycles. The van der Waals surface area contributed by atoms with Crippen LogP contribution in [0.4, 0.5) is 0 Å². The largest absolute Gasteiger partial charge is 0.465 e. The van der Waals surface area contributed by atoms with Crippen molar-refractivity contribution in [2.75, 3.05) is 13.7 Å². The zero-order valence-corrected chi connectivity index (χ0v) is 10.9. The van der Waals surface area contributed by atoms with Crippen molar-refractivity contribution in [2.45, 2.75) is 17.9 Å². The second kappa shape index (κ2) is 5.94. The van der Waals surface area contributed by atoms with Crippen LogP contribution in [0.5, 0.6) is 0 Å². The molecule has 0 aliphatic heterocycles. The van der Waals surface area contributed by atoms with Crippen LogP contribution in [-0.2, 0) is 14.8 Å². The molecule has 18 heavy (non-hydrogen) atoms. The summed E-state index contributed by atoms with van der Waals surface area (Å²) in [6.45, 7) is 1.33. The van der Waals surface area contributed by atoms with Crippen molar-refractivity contribution in [2.24, 2.45) is 0 Å². The highest BCUT2D eigenvalue weighted by Gasteiger charge is 2.22. The van der Waals surface area contributed by atoms with Crippen molar-refractivity contribution in [1.29, 1.82) is 0 Å². The number of methoxy groups -OCH3 is 1. The minimum atomic E-state index is -3.85. The van der Waals surface area contributed by atoms with E-state index in [0.717, 1.165) is 0 Å². The summed E-state index contributed by atoms with van der Waals surface area (Å²) in [5.74, 6) is -0.729. The highest BCUT2D eigenvalue weighted by Crippen LogP contribution is 2.16. The van der Waals surface area contributed by atoms with E-state index in [1.54, 1.807) is 6.07 Å². The van der Waals surface area contributed by atoms with E-state index in [1.807, 2.05) is 0 Å². The van der Waals surface area contributed by atoms with E-state index < -0.39 is 22.1 Å². The van der Waals surface area contributed by atoms with Gasteiger partial charge in [0.25, 0.3) is 0 Å². The average Bonchev–Trinajstić information content (AvgIpc) is 2.35. The first-order valence-electron chi connectivity index (χ1n) is 5.23. The molecule has 7 heteroatoms. The zero-order valence-electron chi connectivity index (χ0n) is 10.1. The second-order valence-corrected chi connectivity index (χ2v) is 5.42. The molecule has 1 aromatic rings. The van der Waals surface area contributed by atoms with Crippen molar-refractivity contribution in [3.8, 4) is 0 Å². The van der Waals surface area contributed by atoms with Crippen molar-refractivity contribution in [3.63, 3.8) is 0 Å². The maximum atomic E-state index is 11.9. The molecule has 0 aliphatic rings. The van der Waals surface area contributed by atoms with E-state index in [0.29, 0.717) is 0 Å². The number of carbonyl (C=O) groups is 1. The standard InChI is InChI=1S/C11H15NO5S/c1-8(13)7-12-18(15,16)10-6-4-3-5-9(10)11(14)17-2/h3-6,8,12-13H,7H2,1-2H3/t8-/m0/s1. The van der Waals surface area contributed by atoms with E-state index in [1.165, 1.54) is 32.2 Å². The topological polar surface area (TPSA) is 92.7 Å². The molecule has 2 N–H and O–H groups in total. The highest BCUT2D eigenvalue weighted by atomic mass is 32.2. The first-order valence-corrected chi connectivity index (χ1v) is 6.72. The summed E-state index contributed by atoms with van der Waals surface area (Å²) < 4.78 is 30.6. The predicted molar refractivity (Wildman–Crippen MR) is 64.7 cm³/mol. The summed E-state index contributed by atoms with van der Waals surface area (Å²) in [5.41, 5.74) is -0.0434.